The van der Waals surface area contributed by atoms with Crippen molar-refractivity contribution in [3.05, 3.63) is 280 Å². The number of hydrogen-bond donors (Lipinski definition) is 0. The average Bonchev–Trinajstić information content (AvgIpc) is 3.67. The van der Waals surface area contributed by atoms with Crippen LogP contribution in [0.2, 0.25) is 0 Å². The predicted octanol–water partition coefficient (Wildman–Crippen LogP) is 16.4. The zero-order chi connectivity index (χ0) is 52.0. The van der Waals surface area contributed by atoms with Crippen LogP contribution in [0.1, 0.15) is 0 Å². The molecule has 0 aliphatic heterocycles. The van der Waals surface area contributed by atoms with Gasteiger partial charge in [0.25, 0.3) is 0 Å². The summed E-state index contributed by atoms with van der Waals surface area (Å²) in [6.45, 7) is 0. The lowest BCUT2D eigenvalue weighted by molar-refractivity contribution is 1.12. The molecule has 0 amide bonds. The monoisotopic (exact) mass is 1010 g/mol. The van der Waals surface area contributed by atoms with E-state index in [2.05, 4.69) is 105 Å². The number of anilines is 12. The summed E-state index contributed by atoms with van der Waals surface area (Å²) in [5.74, 6) is 5.97. The molecule has 370 valence electrons. The van der Waals surface area contributed by atoms with E-state index in [0.29, 0.717) is 0 Å². The normalized spacial score (nSPS) is 11.1. The summed E-state index contributed by atoms with van der Waals surface area (Å²) in [6.07, 6.45) is 14.5. The van der Waals surface area contributed by atoms with Gasteiger partial charge in [-0.1, -0.05) is 84.9 Å². The van der Waals surface area contributed by atoms with Crippen molar-refractivity contribution in [3.8, 4) is 22.3 Å². The summed E-state index contributed by atoms with van der Waals surface area (Å²) in [5, 5.41) is 4.12. The summed E-state index contributed by atoms with van der Waals surface area (Å²) in [4.78, 5) is 46.9. The third-order valence-electron chi connectivity index (χ3n) is 13.5. The lowest BCUT2D eigenvalue weighted by Gasteiger charge is -2.27. The van der Waals surface area contributed by atoms with Crippen LogP contribution in [0.25, 0.3) is 43.8 Å². The van der Waals surface area contributed by atoms with Crippen molar-refractivity contribution >= 4 is 90.8 Å². The van der Waals surface area contributed by atoms with Gasteiger partial charge in [0.15, 0.2) is 0 Å². The first kappa shape index (κ1) is 46.8. The van der Waals surface area contributed by atoms with Crippen molar-refractivity contribution < 1.29 is 0 Å². The highest BCUT2D eigenvalue weighted by atomic mass is 15.3. The Morgan fingerprint density at radius 3 is 0.628 bits per heavy atom. The van der Waals surface area contributed by atoms with E-state index in [9.17, 15) is 0 Å². The molecule has 0 fully saturated rings. The van der Waals surface area contributed by atoms with Crippen molar-refractivity contribution in [1.82, 2.24) is 39.9 Å². The number of benzene rings is 5. The van der Waals surface area contributed by atoms with Gasteiger partial charge in [0.2, 0.25) is 0 Å². The van der Waals surface area contributed by atoms with Crippen molar-refractivity contribution in [2.75, 3.05) is 19.6 Å². The van der Waals surface area contributed by atoms with E-state index in [-0.39, 0.29) is 0 Å². The van der Waals surface area contributed by atoms with Crippen molar-refractivity contribution in [3.63, 3.8) is 0 Å². The minimum absolute atomic E-state index is 0.737. The standard InChI is InChI=1S/C66H46N12/c1-9-37-67-57(17-1)75(58-18-2-10-38-68-58)49-29-25-47(26-30-49)65-53-35-33-52(78(63-23-7-15-43-73-63)64-24-8-16-44-74-64)46-56(53)66(48-27-31-50(32-28-48)76(59-19-3-11-39-69-59)60-20-4-12-40-70-60)54-36-34-51(45-55(54)65)77(61-21-5-13-41-71-61)62-22-6-14-42-72-62/h1-46H. The molecule has 0 unspecified atom stereocenters. The second-order valence-corrected chi connectivity index (χ2v) is 18.1. The maximum absolute atomic E-state index is 4.87. The van der Waals surface area contributed by atoms with Crippen LogP contribution in [0.3, 0.4) is 0 Å². The van der Waals surface area contributed by atoms with Gasteiger partial charge in [-0.2, -0.15) is 0 Å². The first-order valence-electron chi connectivity index (χ1n) is 25.5. The summed E-state index contributed by atoms with van der Waals surface area (Å²) in [6, 6.07) is 78.1. The molecule has 0 atom stereocenters. The van der Waals surface area contributed by atoms with Gasteiger partial charge in [-0.3, -0.25) is 19.6 Å². The molecular weight excluding hydrogens is 961 g/mol. The second-order valence-electron chi connectivity index (χ2n) is 18.1. The fourth-order valence-corrected chi connectivity index (χ4v) is 10.1. The number of pyridine rings is 8. The molecular formula is C66H46N12. The van der Waals surface area contributed by atoms with Gasteiger partial charge < -0.3 is 0 Å². The van der Waals surface area contributed by atoms with E-state index in [0.717, 1.165) is 113 Å². The van der Waals surface area contributed by atoms with Crippen LogP contribution in [-0.4, -0.2) is 39.9 Å². The Morgan fingerprint density at radius 1 is 0.192 bits per heavy atom. The first-order chi connectivity index (χ1) is 38.7. The number of hydrogen-bond acceptors (Lipinski definition) is 12. The molecule has 12 nitrogen and oxygen atoms in total. The zero-order valence-corrected chi connectivity index (χ0v) is 41.9. The van der Waals surface area contributed by atoms with E-state index in [1.54, 1.807) is 24.8 Å². The van der Waals surface area contributed by atoms with E-state index >= 15 is 0 Å². The Labute approximate surface area is 450 Å². The highest BCUT2D eigenvalue weighted by Gasteiger charge is 2.25. The molecule has 0 radical (unpaired) electrons. The van der Waals surface area contributed by atoms with Gasteiger partial charge in [0.1, 0.15) is 46.5 Å². The lowest BCUT2D eigenvalue weighted by atomic mass is 9.85. The SMILES string of the molecule is c1ccc(N(c2ccc(-c3c4ccc(N(c5ccccn5)c5ccccn5)cc4c(-c4ccc(N(c5ccccn5)c5ccccn5)cc4)c4ccc(N(c5ccccn5)c5ccccn5)cc34)cc2)c2ccccn2)nc1. The molecule has 0 aliphatic carbocycles. The summed E-state index contributed by atoms with van der Waals surface area (Å²) in [5.41, 5.74) is 7.72. The highest BCUT2D eigenvalue weighted by molar-refractivity contribution is 6.22. The minimum Gasteiger partial charge on any atom is -0.279 e. The maximum atomic E-state index is 4.87. The summed E-state index contributed by atoms with van der Waals surface area (Å²) in [7, 11) is 0. The predicted molar refractivity (Wildman–Crippen MR) is 313 cm³/mol. The topological polar surface area (TPSA) is 116 Å². The number of rotatable bonds is 14. The highest BCUT2D eigenvalue weighted by Crippen LogP contribution is 2.49. The molecule has 13 rings (SSSR count). The fourth-order valence-electron chi connectivity index (χ4n) is 10.1. The Morgan fingerprint density at radius 2 is 0.410 bits per heavy atom. The Bertz CT molecular complexity index is 3680. The molecule has 13 aromatic rings. The van der Waals surface area contributed by atoms with Gasteiger partial charge in [-0.05, 0) is 189 Å². The first-order valence-corrected chi connectivity index (χ1v) is 25.5. The summed E-state index contributed by atoms with van der Waals surface area (Å²) < 4.78 is 0. The number of nitrogens with zero attached hydrogens (tertiary/aromatic N) is 12. The van der Waals surface area contributed by atoms with Gasteiger partial charge in [-0.15, -0.1) is 0 Å². The van der Waals surface area contributed by atoms with E-state index in [1.165, 1.54) is 0 Å². The molecule has 12 heteroatoms. The van der Waals surface area contributed by atoms with Crippen LogP contribution >= 0.6 is 0 Å². The maximum Gasteiger partial charge on any atom is 0.138 e. The van der Waals surface area contributed by atoms with Crippen molar-refractivity contribution in [2.24, 2.45) is 0 Å². The third kappa shape index (κ3) is 9.11. The Kier molecular flexibility index (Phi) is 12.7. The molecule has 8 heterocycles. The smallest absolute Gasteiger partial charge is 0.138 e. The van der Waals surface area contributed by atoms with Gasteiger partial charge in [0.05, 0.1) is 0 Å². The fraction of sp³-hybridized carbons (Fsp3) is 0. The quantitative estimate of drug-likeness (QED) is 0.0966. The third-order valence-corrected chi connectivity index (χ3v) is 13.5. The molecule has 5 aromatic carbocycles. The molecule has 78 heavy (non-hydrogen) atoms. The molecule has 0 N–H and O–H groups in total. The van der Waals surface area contributed by atoms with E-state index in [4.69, 9.17) is 39.9 Å². The molecule has 0 bridgehead atoms. The van der Waals surface area contributed by atoms with Crippen LogP contribution in [0, 0.1) is 0 Å². The average molecular weight is 1010 g/mol. The lowest BCUT2D eigenvalue weighted by Crippen LogP contribution is -2.13. The molecule has 0 aliphatic rings. The Hall–Kier alpha value is -11.0. The minimum atomic E-state index is 0.737. The van der Waals surface area contributed by atoms with Gasteiger partial charge >= 0.3 is 0 Å². The van der Waals surface area contributed by atoms with Crippen LogP contribution < -0.4 is 19.6 Å². The van der Waals surface area contributed by atoms with E-state index < -0.39 is 0 Å². The van der Waals surface area contributed by atoms with E-state index in [1.807, 2.05) is 170 Å². The second kappa shape index (κ2) is 21.1. The molecule has 0 spiro atoms. The van der Waals surface area contributed by atoms with Crippen LogP contribution in [-0.2, 0) is 0 Å². The molecule has 8 aromatic heterocycles. The molecule has 0 saturated heterocycles. The van der Waals surface area contributed by atoms with Crippen LogP contribution in [0.15, 0.2) is 280 Å². The Balaban J connectivity index is 1.08. The van der Waals surface area contributed by atoms with Gasteiger partial charge in [0, 0.05) is 72.3 Å². The largest absolute Gasteiger partial charge is 0.279 e. The van der Waals surface area contributed by atoms with Gasteiger partial charge in [-0.25, -0.2) is 39.9 Å². The molecule has 0 saturated carbocycles. The number of fused-ring (bicyclic) bond motifs is 2. The van der Waals surface area contributed by atoms with Crippen molar-refractivity contribution in [1.29, 1.82) is 0 Å². The zero-order valence-electron chi connectivity index (χ0n) is 41.9. The van der Waals surface area contributed by atoms with Crippen molar-refractivity contribution in [2.45, 2.75) is 0 Å². The summed E-state index contributed by atoms with van der Waals surface area (Å²) >= 11 is 0. The van der Waals surface area contributed by atoms with Crippen LogP contribution in [0.5, 0.6) is 0 Å². The number of aromatic nitrogens is 8. The van der Waals surface area contributed by atoms with Crippen LogP contribution in [0.4, 0.5) is 69.3 Å².